The molecule has 2 fully saturated rings. The summed E-state index contributed by atoms with van der Waals surface area (Å²) in [6.45, 7) is 1.17. The normalized spacial score (nSPS) is 24.5. The van der Waals surface area contributed by atoms with Gasteiger partial charge in [-0.05, 0) is 44.2 Å². The Balaban J connectivity index is 1.88. The number of benzene rings is 1. The number of primary amides is 2. The predicted octanol–water partition coefficient (Wildman–Crippen LogP) is 0.0237. The molecule has 3 rings (SSSR count). The zero-order chi connectivity index (χ0) is 18.7. The van der Waals surface area contributed by atoms with Gasteiger partial charge in [0.05, 0.1) is 12.1 Å². The van der Waals surface area contributed by atoms with Gasteiger partial charge in [0.2, 0.25) is 17.7 Å². The van der Waals surface area contributed by atoms with Crippen molar-refractivity contribution < 1.29 is 14.4 Å². The van der Waals surface area contributed by atoms with E-state index >= 15 is 0 Å². The molecule has 0 bridgehead atoms. The third kappa shape index (κ3) is 3.72. The highest BCUT2D eigenvalue weighted by Gasteiger charge is 2.42. The van der Waals surface area contributed by atoms with Crippen LogP contribution in [-0.2, 0) is 20.8 Å². The number of nitrogens with two attached hydrogens (primary N) is 2. The molecule has 3 amide bonds. The van der Waals surface area contributed by atoms with E-state index in [1.165, 1.54) is 0 Å². The average Bonchev–Trinajstić information content (AvgIpc) is 3.29. The molecule has 0 aliphatic carbocycles. The van der Waals surface area contributed by atoms with Crippen molar-refractivity contribution in [2.75, 3.05) is 13.1 Å². The van der Waals surface area contributed by atoms with Gasteiger partial charge in [-0.2, -0.15) is 0 Å². The highest BCUT2D eigenvalue weighted by molar-refractivity contribution is 5.90. The molecule has 2 aliphatic heterocycles. The fourth-order valence-electron chi connectivity index (χ4n) is 4.17. The van der Waals surface area contributed by atoms with Crippen LogP contribution in [-0.4, -0.2) is 58.7 Å². The molecular formula is C19H26N4O3. The van der Waals surface area contributed by atoms with Gasteiger partial charge in [-0.15, -0.1) is 0 Å². The molecular weight excluding hydrogens is 332 g/mol. The maximum absolute atomic E-state index is 13.3. The Hall–Kier alpha value is -2.41. The lowest BCUT2D eigenvalue weighted by Gasteiger charge is -2.35. The van der Waals surface area contributed by atoms with Crippen molar-refractivity contribution >= 4 is 17.7 Å². The second kappa shape index (κ2) is 7.86. The zero-order valence-corrected chi connectivity index (χ0v) is 14.8. The van der Waals surface area contributed by atoms with Crippen molar-refractivity contribution in [2.24, 2.45) is 11.5 Å². The fraction of sp³-hybridized carbons (Fsp3) is 0.526. The first-order valence-corrected chi connectivity index (χ1v) is 9.18. The van der Waals surface area contributed by atoms with Gasteiger partial charge >= 0.3 is 0 Å². The zero-order valence-electron chi connectivity index (χ0n) is 14.8. The van der Waals surface area contributed by atoms with E-state index in [1.54, 1.807) is 4.90 Å². The molecule has 0 saturated carbocycles. The molecule has 0 unspecified atom stereocenters. The minimum atomic E-state index is -0.560. The van der Waals surface area contributed by atoms with Crippen LogP contribution in [0.1, 0.15) is 31.2 Å². The van der Waals surface area contributed by atoms with Crippen LogP contribution in [0, 0.1) is 0 Å². The largest absolute Gasteiger partial charge is 0.368 e. The van der Waals surface area contributed by atoms with Gasteiger partial charge in [0, 0.05) is 6.54 Å². The summed E-state index contributed by atoms with van der Waals surface area (Å²) in [6, 6.07) is 8.18. The van der Waals surface area contributed by atoms with Gasteiger partial charge in [0.15, 0.2) is 0 Å². The van der Waals surface area contributed by atoms with E-state index in [1.807, 2.05) is 35.2 Å². The van der Waals surface area contributed by atoms with Crippen LogP contribution < -0.4 is 11.5 Å². The molecule has 0 aromatic heterocycles. The Bertz CT molecular complexity index is 679. The third-order valence-electron chi connectivity index (χ3n) is 5.44. The van der Waals surface area contributed by atoms with Crippen molar-refractivity contribution in [1.29, 1.82) is 0 Å². The van der Waals surface area contributed by atoms with Gasteiger partial charge in [0.25, 0.3) is 0 Å². The maximum atomic E-state index is 13.3. The fourth-order valence-corrected chi connectivity index (χ4v) is 4.17. The molecule has 26 heavy (non-hydrogen) atoms. The van der Waals surface area contributed by atoms with Crippen LogP contribution in [0.5, 0.6) is 0 Å². The van der Waals surface area contributed by atoms with E-state index in [0.29, 0.717) is 32.4 Å². The summed E-state index contributed by atoms with van der Waals surface area (Å²) in [7, 11) is 0. The van der Waals surface area contributed by atoms with Crippen molar-refractivity contribution in [3.63, 3.8) is 0 Å². The van der Waals surface area contributed by atoms with Crippen molar-refractivity contribution in [2.45, 2.75) is 50.2 Å². The minimum absolute atomic E-state index is 0.136. The summed E-state index contributed by atoms with van der Waals surface area (Å²) in [5, 5.41) is 0. The van der Waals surface area contributed by atoms with Gasteiger partial charge in [-0.25, -0.2) is 0 Å². The molecule has 7 heteroatoms. The number of nitrogens with zero attached hydrogens (tertiary/aromatic N) is 2. The van der Waals surface area contributed by atoms with E-state index < -0.39 is 29.9 Å². The van der Waals surface area contributed by atoms with Crippen LogP contribution >= 0.6 is 0 Å². The molecule has 140 valence electrons. The summed E-state index contributed by atoms with van der Waals surface area (Å²) in [5.41, 5.74) is 12.1. The maximum Gasteiger partial charge on any atom is 0.240 e. The van der Waals surface area contributed by atoms with Crippen LogP contribution in [0.2, 0.25) is 0 Å². The Kier molecular flexibility index (Phi) is 5.56. The summed E-state index contributed by atoms with van der Waals surface area (Å²) in [6.07, 6.45) is 3.32. The van der Waals surface area contributed by atoms with Crippen LogP contribution in [0.3, 0.4) is 0 Å². The van der Waals surface area contributed by atoms with Gasteiger partial charge < -0.3 is 16.4 Å². The standard InChI is InChI=1S/C19H26N4O3/c20-17(24)14-8-4-10-22(14)16(12-13-6-2-1-3-7-13)19(26)23-11-5-9-15(23)18(21)25/h1-3,6-7,14-16H,4-5,8-12H2,(H2,20,24)(H2,21,25)/t14-,15-,16-/m0/s1. The van der Waals surface area contributed by atoms with Crippen molar-refractivity contribution in [3.8, 4) is 0 Å². The lowest BCUT2D eigenvalue weighted by Crippen LogP contribution is -2.56. The lowest BCUT2D eigenvalue weighted by molar-refractivity contribution is -0.143. The predicted molar refractivity (Wildman–Crippen MR) is 96.8 cm³/mol. The monoisotopic (exact) mass is 358 g/mol. The number of hydrogen-bond acceptors (Lipinski definition) is 4. The second-order valence-electron chi connectivity index (χ2n) is 7.10. The third-order valence-corrected chi connectivity index (χ3v) is 5.44. The topological polar surface area (TPSA) is 110 Å². The van der Waals surface area contributed by atoms with Gasteiger partial charge in [-0.1, -0.05) is 30.3 Å². The number of rotatable bonds is 6. The first-order chi connectivity index (χ1) is 12.5. The van der Waals surface area contributed by atoms with E-state index in [9.17, 15) is 14.4 Å². The van der Waals surface area contributed by atoms with Crippen LogP contribution in [0.4, 0.5) is 0 Å². The van der Waals surface area contributed by atoms with Gasteiger partial charge in [-0.3, -0.25) is 19.3 Å². The molecule has 0 spiro atoms. The Morgan fingerprint density at radius 3 is 2.23 bits per heavy atom. The lowest BCUT2D eigenvalue weighted by atomic mass is 10.0. The molecule has 0 radical (unpaired) electrons. The van der Waals surface area contributed by atoms with E-state index in [2.05, 4.69) is 0 Å². The average molecular weight is 358 g/mol. The number of carbonyl (C=O) groups is 3. The van der Waals surface area contributed by atoms with Crippen LogP contribution in [0.25, 0.3) is 0 Å². The first kappa shape index (κ1) is 18.4. The Morgan fingerprint density at radius 2 is 1.58 bits per heavy atom. The SMILES string of the molecule is NC(=O)[C@@H]1CCCN1C(=O)[C@H](Cc1ccccc1)N1CCC[C@H]1C(N)=O. The molecule has 3 atom stereocenters. The Labute approximate surface area is 153 Å². The number of hydrogen-bond donors (Lipinski definition) is 2. The Morgan fingerprint density at radius 1 is 0.962 bits per heavy atom. The molecule has 4 N–H and O–H groups in total. The molecule has 1 aromatic carbocycles. The van der Waals surface area contributed by atoms with Crippen LogP contribution in [0.15, 0.2) is 30.3 Å². The smallest absolute Gasteiger partial charge is 0.240 e. The molecule has 2 saturated heterocycles. The molecule has 7 nitrogen and oxygen atoms in total. The number of likely N-dealkylation sites (tertiary alicyclic amines) is 2. The second-order valence-corrected chi connectivity index (χ2v) is 7.10. The van der Waals surface area contributed by atoms with E-state index in [4.69, 9.17) is 11.5 Å². The summed E-state index contributed by atoms with van der Waals surface area (Å²) >= 11 is 0. The number of amides is 3. The summed E-state index contributed by atoms with van der Waals surface area (Å²) in [5.74, 6) is -1.01. The van der Waals surface area contributed by atoms with E-state index in [-0.39, 0.29) is 5.91 Å². The summed E-state index contributed by atoms with van der Waals surface area (Å²) < 4.78 is 0. The summed E-state index contributed by atoms with van der Waals surface area (Å²) in [4.78, 5) is 40.4. The molecule has 2 heterocycles. The minimum Gasteiger partial charge on any atom is -0.368 e. The van der Waals surface area contributed by atoms with Crippen molar-refractivity contribution in [1.82, 2.24) is 9.80 Å². The van der Waals surface area contributed by atoms with E-state index in [0.717, 1.165) is 18.4 Å². The highest BCUT2D eigenvalue weighted by Crippen LogP contribution is 2.26. The van der Waals surface area contributed by atoms with Crippen molar-refractivity contribution in [3.05, 3.63) is 35.9 Å². The highest BCUT2D eigenvalue weighted by atomic mass is 16.2. The quantitative estimate of drug-likeness (QED) is 0.747. The van der Waals surface area contributed by atoms with Gasteiger partial charge in [0.1, 0.15) is 6.04 Å². The molecule has 1 aromatic rings. The molecule has 2 aliphatic rings. The first-order valence-electron chi connectivity index (χ1n) is 9.18. The number of carbonyl (C=O) groups excluding carboxylic acids is 3.